The Hall–Kier alpha value is -1.00. The molecule has 1 saturated carbocycles. The third kappa shape index (κ3) is 3.48. The number of allylic oxidation sites excluding steroid dienone is 1. The van der Waals surface area contributed by atoms with E-state index in [0.29, 0.717) is 6.04 Å². The molecule has 1 fully saturated rings. The van der Waals surface area contributed by atoms with Crippen molar-refractivity contribution in [1.82, 2.24) is 10.2 Å². The van der Waals surface area contributed by atoms with Gasteiger partial charge in [-0.3, -0.25) is 0 Å². The maximum Gasteiger partial charge on any atom is 0.143 e. The Morgan fingerprint density at radius 1 is 1.41 bits per heavy atom. The SMILES string of the molecule is CN(CC1CCC(N)CC1)C1=CNC(O)C=C1. The lowest BCUT2D eigenvalue weighted by Crippen LogP contribution is -2.34. The summed E-state index contributed by atoms with van der Waals surface area (Å²) in [6.45, 7) is 1.07. The van der Waals surface area contributed by atoms with Crippen LogP contribution in [0.5, 0.6) is 0 Å². The smallest absolute Gasteiger partial charge is 0.143 e. The molecule has 0 aromatic carbocycles. The molecule has 0 aromatic heterocycles. The summed E-state index contributed by atoms with van der Waals surface area (Å²) in [6.07, 6.45) is 9.85. The van der Waals surface area contributed by atoms with Gasteiger partial charge < -0.3 is 21.1 Å². The lowest BCUT2D eigenvalue weighted by molar-refractivity contribution is 0.196. The molecule has 0 bridgehead atoms. The minimum absolute atomic E-state index is 0.419. The number of hydrogen-bond donors (Lipinski definition) is 3. The van der Waals surface area contributed by atoms with Crippen LogP contribution in [0.3, 0.4) is 0 Å². The minimum atomic E-state index is -0.542. The fourth-order valence-electron chi connectivity index (χ4n) is 2.57. The van der Waals surface area contributed by atoms with Crippen molar-refractivity contribution in [2.75, 3.05) is 13.6 Å². The maximum atomic E-state index is 9.28. The molecule has 0 saturated heterocycles. The summed E-state index contributed by atoms with van der Waals surface area (Å²) < 4.78 is 0. The van der Waals surface area contributed by atoms with E-state index in [9.17, 15) is 5.11 Å². The number of rotatable bonds is 3. The monoisotopic (exact) mass is 237 g/mol. The average Bonchev–Trinajstić information content (AvgIpc) is 2.33. The van der Waals surface area contributed by atoms with Gasteiger partial charge in [0.2, 0.25) is 0 Å². The molecular formula is C13H23N3O. The van der Waals surface area contributed by atoms with E-state index >= 15 is 0 Å². The summed E-state index contributed by atoms with van der Waals surface area (Å²) in [5, 5.41) is 12.2. The standard InChI is InChI=1S/C13H23N3O/c1-16(12-6-7-13(17)15-8-12)9-10-2-4-11(14)5-3-10/h6-8,10-11,13,15,17H,2-5,9,14H2,1H3. The lowest BCUT2D eigenvalue weighted by Gasteiger charge is -2.32. The maximum absolute atomic E-state index is 9.28. The van der Waals surface area contributed by atoms with E-state index in [0.717, 1.165) is 31.0 Å². The van der Waals surface area contributed by atoms with Crippen molar-refractivity contribution in [3.63, 3.8) is 0 Å². The van der Waals surface area contributed by atoms with Crippen molar-refractivity contribution in [3.8, 4) is 0 Å². The van der Waals surface area contributed by atoms with Gasteiger partial charge in [-0.25, -0.2) is 0 Å². The van der Waals surface area contributed by atoms with Gasteiger partial charge in [-0.2, -0.15) is 0 Å². The van der Waals surface area contributed by atoms with E-state index in [-0.39, 0.29) is 0 Å². The number of hydrogen-bond acceptors (Lipinski definition) is 4. The fraction of sp³-hybridized carbons (Fsp3) is 0.692. The molecule has 2 rings (SSSR count). The van der Waals surface area contributed by atoms with Gasteiger partial charge in [-0.15, -0.1) is 0 Å². The molecule has 4 nitrogen and oxygen atoms in total. The van der Waals surface area contributed by atoms with Crippen LogP contribution < -0.4 is 11.1 Å². The van der Waals surface area contributed by atoms with E-state index < -0.39 is 6.23 Å². The first-order valence-corrected chi connectivity index (χ1v) is 6.44. The molecular weight excluding hydrogens is 214 g/mol. The van der Waals surface area contributed by atoms with Gasteiger partial charge in [-0.05, 0) is 43.8 Å². The van der Waals surface area contributed by atoms with Crippen LogP contribution in [-0.4, -0.2) is 35.9 Å². The molecule has 1 unspecified atom stereocenters. The van der Waals surface area contributed by atoms with Crippen LogP contribution in [0.4, 0.5) is 0 Å². The minimum Gasteiger partial charge on any atom is -0.373 e. The van der Waals surface area contributed by atoms with Crippen molar-refractivity contribution >= 4 is 0 Å². The molecule has 4 N–H and O–H groups in total. The van der Waals surface area contributed by atoms with Crippen LogP contribution in [0, 0.1) is 5.92 Å². The van der Waals surface area contributed by atoms with Crippen LogP contribution in [0.2, 0.25) is 0 Å². The molecule has 17 heavy (non-hydrogen) atoms. The zero-order valence-corrected chi connectivity index (χ0v) is 10.5. The van der Waals surface area contributed by atoms with Gasteiger partial charge in [0.05, 0.1) is 5.70 Å². The third-order valence-corrected chi connectivity index (χ3v) is 3.72. The van der Waals surface area contributed by atoms with Crippen LogP contribution in [0.25, 0.3) is 0 Å². The van der Waals surface area contributed by atoms with Gasteiger partial charge in [0, 0.05) is 25.8 Å². The van der Waals surface area contributed by atoms with Crippen molar-refractivity contribution in [3.05, 3.63) is 24.0 Å². The first kappa shape index (κ1) is 12.5. The number of nitrogens with zero attached hydrogens (tertiary/aromatic N) is 1. The molecule has 0 radical (unpaired) electrons. The van der Waals surface area contributed by atoms with Crippen LogP contribution in [0.1, 0.15) is 25.7 Å². The Bertz CT molecular complexity index is 306. The summed E-state index contributed by atoms with van der Waals surface area (Å²) in [5.41, 5.74) is 7.04. The number of nitrogens with two attached hydrogens (primary N) is 1. The van der Waals surface area contributed by atoms with E-state index in [4.69, 9.17) is 5.73 Å². The van der Waals surface area contributed by atoms with Crippen LogP contribution in [-0.2, 0) is 0 Å². The number of aliphatic hydroxyl groups excluding tert-OH is 1. The highest BCUT2D eigenvalue weighted by molar-refractivity contribution is 5.21. The molecule has 0 aromatic rings. The Morgan fingerprint density at radius 2 is 2.12 bits per heavy atom. The van der Waals surface area contributed by atoms with Gasteiger partial charge in [0.15, 0.2) is 0 Å². The predicted octanol–water partition coefficient (Wildman–Crippen LogP) is 0.755. The largest absolute Gasteiger partial charge is 0.373 e. The summed E-state index contributed by atoms with van der Waals surface area (Å²) in [7, 11) is 2.10. The van der Waals surface area contributed by atoms with Crippen molar-refractivity contribution < 1.29 is 5.11 Å². The third-order valence-electron chi connectivity index (χ3n) is 3.72. The van der Waals surface area contributed by atoms with Gasteiger partial charge >= 0.3 is 0 Å². The van der Waals surface area contributed by atoms with E-state index in [1.54, 1.807) is 6.08 Å². The van der Waals surface area contributed by atoms with Crippen LogP contribution >= 0.6 is 0 Å². The molecule has 2 aliphatic rings. The fourth-order valence-corrected chi connectivity index (χ4v) is 2.57. The highest BCUT2D eigenvalue weighted by Gasteiger charge is 2.20. The Kier molecular flexibility index (Phi) is 4.07. The zero-order chi connectivity index (χ0) is 12.3. The van der Waals surface area contributed by atoms with Gasteiger partial charge in [-0.1, -0.05) is 0 Å². The van der Waals surface area contributed by atoms with Crippen molar-refractivity contribution in [2.45, 2.75) is 38.0 Å². The summed E-state index contributed by atoms with van der Waals surface area (Å²) in [5.74, 6) is 0.751. The number of likely N-dealkylation sites (N-methyl/N-ethyl adjacent to an activating group) is 1. The Balaban J connectivity index is 1.81. The number of dihydropyridines is 1. The molecule has 1 aliphatic carbocycles. The first-order chi connectivity index (χ1) is 8.15. The first-order valence-electron chi connectivity index (χ1n) is 6.44. The van der Waals surface area contributed by atoms with Gasteiger partial charge in [0.25, 0.3) is 0 Å². The molecule has 0 spiro atoms. The molecule has 0 amide bonds. The molecule has 96 valence electrons. The second kappa shape index (κ2) is 5.56. The highest BCUT2D eigenvalue weighted by Crippen LogP contribution is 2.24. The molecule has 1 heterocycles. The van der Waals surface area contributed by atoms with Crippen LogP contribution in [0.15, 0.2) is 24.0 Å². The highest BCUT2D eigenvalue weighted by atomic mass is 16.3. The van der Waals surface area contributed by atoms with E-state index in [1.807, 2.05) is 12.3 Å². The van der Waals surface area contributed by atoms with E-state index in [2.05, 4.69) is 17.3 Å². The second-order valence-electron chi connectivity index (χ2n) is 5.20. The number of nitrogens with one attached hydrogen (secondary N) is 1. The molecule has 1 aliphatic heterocycles. The van der Waals surface area contributed by atoms with Crippen molar-refractivity contribution in [2.24, 2.45) is 11.7 Å². The second-order valence-corrected chi connectivity index (χ2v) is 5.20. The summed E-state index contributed by atoms with van der Waals surface area (Å²) in [4.78, 5) is 2.25. The zero-order valence-electron chi connectivity index (χ0n) is 10.5. The van der Waals surface area contributed by atoms with E-state index in [1.165, 1.54) is 12.8 Å². The lowest BCUT2D eigenvalue weighted by atomic mass is 9.86. The van der Waals surface area contributed by atoms with Gasteiger partial charge in [0.1, 0.15) is 6.23 Å². The van der Waals surface area contributed by atoms with Crippen molar-refractivity contribution in [1.29, 1.82) is 0 Å². The summed E-state index contributed by atoms with van der Waals surface area (Å²) >= 11 is 0. The topological polar surface area (TPSA) is 61.5 Å². The molecule has 1 atom stereocenters. The Labute approximate surface area is 103 Å². The molecule has 4 heteroatoms. The Morgan fingerprint density at radius 3 is 2.71 bits per heavy atom. The predicted molar refractivity (Wildman–Crippen MR) is 68.9 cm³/mol. The number of aliphatic hydroxyl groups is 1. The normalized spacial score (nSPS) is 32.9. The quantitative estimate of drug-likeness (QED) is 0.678. The average molecular weight is 237 g/mol. The summed E-state index contributed by atoms with van der Waals surface area (Å²) in [6, 6.07) is 0.419.